The third-order valence-electron chi connectivity index (χ3n) is 3.79. The van der Waals surface area contributed by atoms with Gasteiger partial charge in [0.05, 0.1) is 0 Å². The Morgan fingerprint density at radius 3 is 2.57 bits per heavy atom. The topological polar surface area (TPSA) is 78.7 Å². The van der Waals surface area contributed by atoms with E-state index in [1.807, 2.05) is 31.1 Å². The second kappa shape index (κ2) is 6.64. The summed E-state index contributed by atoms with van der Waals surface area (Å²) in [5.74, 6) is 0.256. The highest BCUT2D eigenvalue weighted by molar-refractivity contribution is 7.90. The highest BCUT2D eigenvalue weighted by Gasteiger charge is 2.28. The van der Waals surface area contributed by atoms with Gasteiger partial charge >= 0.3 is 10.2 Å². The lowest BCUT2D eigenvalue weighted by atomic mass is 10.0. The molecule has 118 valence electrons. The van der Waals surface area contributed by atoms with Crippen LogP contribution in [-0.4, -0.2) is 46.5 Å². The lowest BCUT2D eigenvalue weighted by molar-refractivity contribution is 0.273. The molecule has 1 saturated heterocycles. The quantitative estimate of drug-likeness (QED) is 0.853. The maximum Gasteiger partial charge on any atom is 0.301 e. The first-order valence-electron chi connectivity index (χ1n) is 7.17. The number of rotatable bonds is 5. The maximum absolute atomic E-state index is 12.4. The molecule has 3 N–H and O–H groups in total. The molecule has 0 radical (unpaired) electrons. The number of nitrogens with one attached hydrogen (secondary N) is 1. The van der Waals surface area contributed by atoms with Gasteiger partial charge in [0.2, 0.25) is 0 Å². The molecular weight excluding hydrogens is 288 g/mol. The Labute approximate surface area is 127 Å². The van der Waals surface area contributed by atoms with Gasteiger partial charge in [0.25, 0.3) is 0 Å². The summed E-state index contributed by atoms with van der Waals surface area (Å²) in [5, 5.41) is 0. The molecule has 1 aromatic carbocycles. The van der Waals surface area contributed by atoms with Crippen LogP contribution in [0, 0.1) is 5.92 Å². The molecule has 0 aromatic heterocycles. The molecule has 1 aliphatic rings. The van der Waals surface area contributed by atoms with Crippen LogP contribution in [-0.2, 0) is 10.2 Å². The van der Waals surface area contributed by atoms with Crippen molar-refractivity contribution < 1.29 is 8.42 Å². The number of nitrogens with two attached hydrogens (primary N) is 1. The average molecular weight is 312 g/mol. The fourth-order valence-corrected chi connectivity index (χ4v) is 3.82. The SMILES string of the molecule is CN(C)c1ccc(NS(=O)(=O)N2CCCC(CN)C2)cc1. The van der Waals surface area contributed by atoms with E-state index < -0.39 is 10.2 Å². The first-order valence-corrected chi connectivity index (χ1v) is 8.61. The zero-order valence-electron chi connectivity index (χ0n) is 12.6. The molecule has 1 aromatic rings. The van der Waals surface area contributed by atoms with Crippen molar-refractivity contribution in [2.45, 2.75) is 12.8 Å². The van der Waals surface area contributed by atoms with Crippen molar-refractivity contribution in [3.63, 3.8) is 0 Å². The predicted molar refractivity (Wildman–Crippen MR) is 86.7 cm³/mol. The van der Waals surface area contributed by atoms with Crippen molar-refractivity contribution in [2.24, 2.45) is 11.7 Å². The van der Waals surface area contributed by atoms with Crippen LogP contribution in [0.2, 0.25) is 0 Å². The Bertz CT molecular complexity index is 557. The van der Waals surface area contributed by atoms with Crippen LogP contribution < -0.4 is 15.4 Å². The van der Waals surface area contributed by atoms with E-state index in [9.17, 15) is 8.42 Å². The number of anilines is 2. The van der Waals surface area contributed by atoms with E-state index in [0.717, 1.165) is 18.5 Å². The minimum Gasteiger partial charge on any atom is -0.378 e. The van der Waals surface area contributed by atoms with Crippen molar-refractivity contribution >= 4 is 21.6 Å². The largest absolute Gasteiger partial charge is 0.378 e. The van der Waals surface area contributed by atoms with Crippen LogP contribution in [0.5, 0.6) is 0 Å². The third-order valence-corrected chi connectivity index (χ3v) is 5.29. The molecule has 6 nitrogen and oxygen atoms in total. The molecule has 1 unspecified atom stereocenters. The lowest BCUT2D eigenvalue weighted by Gasteiger charge is -2.31. The van der Waals surface area contributed by atoms with Crippen molar-refractivity contribution in [3.05, 3.63) is 24.3 Å². The van der Waals surface area contributed by atoms with Gasteiger partial charge in [0.1, 0.15) is 0 Å². The minimum absolute atomic E-state index is 0.256. The molecule has 21 heavy (non-hydrogen) atoms. The second-order valence-electron chi connectivity index (χ2n) is 5.65. The molecule has 0 saturated carbocycles. The van der Waals surface area contributed by atoms with Gasteiger partial charge in [-0.05, 0) is 49.6 Å². The van der Waals surface area contributed by atoms with Gasteiger partial charge in [-0.1, -0.05) is 0 Å². The van der Waals surface area contributed by atoms with Crippen molar-refractivity contribution in [1.82, 2.24) is 4.31 Å². The monoisotopic (exact) mass is 312 g/mol. The Kier molecular flexibility index (Phi) is 5.08. The first-order chi connectivity index (χ1) is 9.92. The lowest BCUT2D eigenvalue weighted by Crippen LogP contribution is -2.44. The van der Waals surface area contributed by atoms with E-state index in [-0.39, 0.29) is 5.92 Å². The highest BCUT2D eigenvalue weighted by Crippen LogP contribution is 2.21. The fraction of sp³-hybridized carbons (Fsp3) is 0.571. The zero-order valence-corrected chi connectivity index (χ0v) is 13.4. The second-order valence-corrected chi connectivity index (χ2v) is 7.32. The van der Waals surface area contributed by atoms with Gasteiger partial charge in [-0.3, -0.25) is 4.72 Å². The summed E-state index contributed by atoms with van der Waals surface area (Å²) < 4.78 is 28.9. The standard InChI is InChI=1S/C14H24N4O2S/c1-17(2)14-7-5-13(6-8-14)16-21(19,20)18-9-3-4-12(10-15)11-18/h5-8,12,16H,3-4,9-11,15H2,1-2H3. The first kappa shape index (κ1) is 16.1. The Morgan fingerprint density at radius 2 is 2.00 bits per heavy atom. The average Bonchev–Trinajstić information content (AvgIpc) is 2.47. The Morgan fingerprint density at radius 1 is 1.33 bits per heavy atom. The van der Waals surface area contributed by atoms with E-state index in [2.05, 4.69) is 4.72 Å². The fourth-order valence-electron chi connectivity index (χ4n) is 2.48. The number of hydrogen-bond donors (Lipinski definition) is 2. The van der Waals surface area contributed by atoms with Crippen molar-refractivity contribution in [3.8, 4) is 0 Å². The maximum atomic E-state index is 12.4. The van der Waals surface area contributed by atoms with Crippen LogP contribution in [0.3, 0.4) is 0 Å². The van der Waals surface area contributed by atoms with Crippen LogP contribution in [0.25, 0.3) is 0 Å². The molecule has 0 aliphatic carbocycles. The summed E-state index contributed by atoms with van der Waals surface area (Å²) in [5.41, 5.74) is 7.27. The van der Waals surface area contributed by atoms with E-state index in [4.69, 9.17) is 5.73 Å². The smallest absolute Gasteiger partial charge is 0.301 e. The van der Waals surface area contributed by atoms with E-state index >= 15 is 0 Å². The van der Waals surface area contributed by atoms with Gasteiger partial charge in [0.15, 0.2) is 0 Å². The van der Waals surface area contributed by atoms with Crippen LogP contribution in [0.1, 0.15) is 12.8 Å². The van der Waals surface area contributed by atoms with E-state index in [1.165, 1.54) is 4.31 Å². The Balaban J connectivity index is 2.06. The van der Waals surface area contributed by atoms with Gasteiger partial charge in [-0.25, -0.2) is 0 Å². The van der Waals surface area contributed by atoms with Crippen molar-refractivity contribution in [1.29, 1.82) is 0 Å². The van der Waals surface area contributed by atoms with Gasteiger partial charge in [0, 0.05) is 38.6 Å². The third kappa shape index (κ3) is 4.09. The van der Waals surface area contributed by atoms with Crippen molar-refractivity contribution in [2.75, 3.05) is 43.4 Å². The summed E-state index contributed by atoms with van der Waals surface area (Å²) >= 11 is 0. The highest BCUT2D eigenvalue weighted by atomic mass is 32.2. The molecule has 0 spiro atoms. The number of hydrogen-bond acceptors (Lipinski definition) is 4. The van der Waals surface area contributed by atoms with Gasteiger partial charge in [-0.15, -0.1) is 0 Å². The van der Waals surface area contributed by atoms with Crippen LogP contribution in [0.15, 0.2) is 24.3 Å². The molecular formula is C14H24N4O2S. The summed E-state index contributed by atoms with van der Waals surface area (Å²) in [4.78, 5) is 1.97. The van der Waals surface area contributed by atoms with Crippen LogP contribution >= 0.6 is 0 Å². The molecule has 1 fully saturated rings. The molecule has 0 bridgehead atoms. The molecule has 7 heteroatoms. The summed E-state index contributed by atoms with van der Waals surface area (Å²) in [7, 11) is 0.390. The Hall–Kier alpha value is -1.31. The van der Waals surface area contributed by atoms with Gasteiger partial charge in [-0.2, -0.15) is 12.7 Å². The minimum atomic E-state index is -3.50. The number of benzene rings is 1. The zero-order chi connectivity index (χ0) is 15.5. The van der Waals surface area contributed by atoms with E-state index in [0.29, 0.717) is 25.3 Å². The molecule has 2 rings (SSSR count). The molecule has 1 atom stereocenters. The molecule has 0 amide bonds. The van der Waals surface area contributed by atoms with E-state index in [1.54, 1.807) is 12.1 Å². The summed E-state index contributed by atoms with van der Waals surface area (Å²) in [6.45, 7) is 1.59. The number of nitrogens with zero attached hydrogens (tertiary/aromatic N) is 2. The predicted octanol–water partition coefficient (Wildman–Crippen LogP) is 1.08. The molecule has 1 aliphatic heterocycles. The summed E-state index contributed by atoms with van der Waals surface area (Å²) in [6.07, 6.45) is 1.86. The number of piperidine rings is 1. The van der Waals surface area contributed by atoms with Gasteiger partial charge < -0.3 is 10.6 Å². The molecule has 1 heterocycles. The normalized spacial score (nSPS) is 20.2. The van der Waals surface area contributed by atoms with Crippen LogP contribution in [0.4, 0.5) is 11.4 Å². The summed E-state index contributed by atoms with van der Waals surface area (Å²) in [6, 6.07) is 7.32.